The number of fused-ring (bicyclic) bond motifs is 1. The summed E-state index contributed by atoms with van der Waals surface area (Å²) in [4.78, 5) is 26.4. The van der Waals surface area contributed by atoms with Gasteiger partial charge in [0.2, 0.25) is 0 Å². The van der Waals surface area contributed by atoms with Crippen molar-refractivity contribution in [3.8, 4) is 0 Å². The van der Waals surface area contributed by atoms with E-state index in [0.717, 1.165) is 0 Å². The quantitative estimate of drug-likeness (QED) is 0.661. The van der Waals surface area contributed by atoms with Crippen LogP contribution in [0.4, 0.5) is 0 Å². The molecule has 1 N–H and O–H groups in total. The fourth-order valence-corrected chi connectivity index (χ4v) is 4.41. The Hall–Kier alpha value is -2.36. The first-order valence-corrected chi connectivity index (χ1v) is 11.4. The SMILES string of the molecule is CC(OC(=O)C1=CN2CCS(=O)(=O)N=C2C=C1)C(=O)NC(C)c1ccc(Cl)cc1Cl. The molecule has 0 spiro atoms. The Balaban J connectivity index is 1.61. The Morgan fingerprint density at radius 2 is 1.97 bits per heavy atom. The van der Waals surface area contributed by atoms with Crippen molar-refractivity contribution in [1.29, 1.82) is 0 Å². The molecule has 3 rings (SSSR count). The summed E-state index contributed by atoms with van der Waals surface area (Å²) in [6.07, 6.45) is 3.22. The second-order valence-electron chi connectivity index (χ2n) is 6.79. The van der Waals surface area contributed by atoms with Crippen LogP contribution in [0, 0.1) is 0 Å². The Kier molecular flexibility index (Phi) is 6.54. The van der Waals surface area contributed by atoms with Crippen LogP contribution in [0.15, 0.2) is 46.5 Å². The third kappa shape index (κ3) is 5.21. The van der Waals surface area contributed by atoms with Crippen LogP contribution in [-0.4, -0.2) is 49.4 Å². The van der Waals surface area contributed by atoms with Gasteiger partial charge in [0, 0.05) is 22.8 Å². The molecule has 8 nitrogen and oxygen atoms in total. The van der Waals surface area contributed by atoms with Crippen LogP contribution in [0.2, 0.25) is 10.0 Å². The summed E-state index contributed by atoms with van der Waals surface area (Å²) in [5, 5.41) is 3.64. The molecule has 30 heavy (non-hydrogen) atoms. The van der Waals surface area contributed by atoms with Gasteiger partial charge in [0.1, 0.15) is 5.84 Å². The minimum atomic E-state index is -3.48. The molecular weight excluding hydrogens is 453 g/mol. The maximum atomic E-state index is 12.4. The summed E-state index contributed by atoms with van der Waals surface area (Å²) in [5.74, 6) is -1.11. The second-order valence-corrected chi connectivity index (χ2v) is 9.39. The lowest BCUT2D eigenvalue weighted by Gasteiger charge is -2.27. The number of nitrogens with zero attached hydrogens (tertiary/aromatic N) is 2. The molecule has 0 aliphatic carbocycles. The zero-order valence-electron chi connectivity index (χ0n) is 16.1. The largest absolute Gasteiger partial charge is 0.449 e. The van der Waals surface area contributed by atoms with Gasteiger partial charge in [0.25, 0.3) is 15.9 Å². The first-order chi connectivity index (χ1) is 14.1. The number of sulfonamides is 1. The lowest BCUT2D eigenvalue weighted by Crippen LogP contribution is -2.39. The molecule has 2 atom stereocenters. The summed E-state index contributed by atoms with van der Waals surface area (Å²) in [7, 11) is -3.48. The molecule has 2 unspecified atom stereocenters. The number of amidine groups is 1. The number of amides is 1. The van der Waals surface area contributed by atoms with Crippen LogP contribution in [0.1, 0.15) is 25.5 Å². The summed E-state index contributed by atoms with van der Waals surface area (Å²) >= 11 is 12.0. The number of carbonyl (C=O) groups is 2. The first-order valence-electron chi connectivity index (χ1n) is 9.01. The lowest BCUT2D eigenvalue weighted by molar-refractivity contribution is -0.151. The highest BCUT2D eigenvalue weighted by Gasteiger charge is 2.27. The zero-order valence-corrected chi connectivity index (χ0v) is 18.5. The number of hydrogen-bond acceptors (Lipinski definition) is 6. The molecule has 0 saturated heterocycles. The van der Waals surface area contributed by atoms with Crippen molar-refractivity contribution in [1.82, 2.24) is 10.2 Å². The monoisotopic (exact) mass is 471 g/mol. The number of carbonyl (C=O) groups excluding carboxylic acids is 2. The van der Waals surface area contributed by atoms with Gasteiger partial charge in [-0.15, -0.1) is 4.40 Å². The minimum Gasteiger partial charge on any atom is -0.449 e. The Labute approximate surface area is 184 Å². The summed E-state index contributed by atoms with van der Waals surface area (Å²) in [5.41, 5.74) is 0.861. The number of esters is 1. The third-order valence-electron chi connectivity index (χ3n) is 4.50. The highest BCUT2D eigenvalue weighted by molar-refractivity contribution is 7.90. The van der Waals surface area contributed by atoms with E-state index in [9.17, 15) is 18.0 Å². The normalized spacial score (nSPS) is 19.1. The van der Waals surface area contributed by atoms with Crippen LogP contribution < -0.4 is 5.32 Å². The topological polar surface area (TPSA) is 105 Å². The van der Waals surface area contributed by atoms with E-state index in [-0.39, 0.29) is 23.7 Å². The molecule has 2 heterocycles. The van der Waals surface area contributed by atoms with Gasteiger partial charge >= 0.3 is 5.97 Å². The zero-order chi connectivity index (χ0) is 22.1. The molecule has 0 fully saturated rings. The predicted octanol–water partition coefficient (Wildman–Crippen LogP) is 2.60. The molecule has 0 bridgehead atoms. The molecule has 1 aromatic carbocycles. The molecule has 1 amide bonds. The maximum absolute atomic E-state index is 12.4. The molecule has 160 valence electrons. The van der Waals surface area contributed by atoms with Gasteiger partial charge in [0.15, 0.2) is 6.10 Å². The summed E-state index contributed by atoms with van der Waals surface area (Å²) < 4.78 is 32.0. The molecule has 0 radical (unpaired) electrons. The van der Waals surface area contributed by atoms with E-state index in [0.29, 0.717) is 15.6 Å². The first kappa shape index (κ1) is 22.3. The summed E-state index contributed by atoms with van der Waals surface area (Å²) in [6.45, 7) is 3.38. The number of ether oxygens (including phenoxy) is 1. The number of benzene rings is 1. The van der Waals surface area contributed by atoms with Gasteiger partial charge in [-0.2, -0.15) is 0 Å². The van der Waals surface area contributed by atoms with E-state index in [2.05, 4.69) is 9.71 Å². The Morgan fingerprint density at radius 3 is 2.67 bits per heavy atom. The van der Waals surface area contributed by atoms with Gasteiger partial charge < -0.3 is 15.0 Å². The fourth-order valence-electron chi connectivity index (χ4n) is 2.86. The van der Waals surface area contributed by atoms with Crippen LogP contribution in [0.25, 0.3) is 0 Å². The second kappa shape index (κ2) is 8.79. The van der Waals surface area contributed by atoms with Crippen molar-refractivity contribution >= 4 is 50.9 Å². The maximum Gasteiger partial charge on any atom is 0.340 e. The van der Waals surface area contributed by atoms with Crippen molar-refractivity contribution in [2.24, 2.45) is 4.40 Å². The third-order valence-corrected chi connectivity index (χ3v) is 6.23. The Morgan fingerprint density at radius 1 is 1.23 bits per heavy atom. The van der Waals surface area contributed by atoms with E-state index < -0.39 is 34.0 Å². The van der Waals surface area contributed by atoms with E-state index in [1.807, 2.05) is 0 Å². The van der Waals surface area contributed by atoms with Crippen LogP contribution >= 0.6 is 23.2 Å². The van der Waals surface area contributed by atoms with Crippen LogP contribution in [0.3, 0.4) is 0 Å². The lowest BCUT2D eigenvalue weighted by atomic mass is 10.1. The number of nitrogens with one attached hydrogen (secondary N) is 1. The minimum absolute atomic E-state index is 0.146. The molecule has 0 saturated carbocycles. The molecular formula is C19H19Cl2N3O5S. The number of halogens is 2. The molecule has 2 aliphatic rings. The van der Waals surface area contributed by atoms with Crippen LogP contribution in [0.5, 0.6) is 0 Å². The van der Waals surface area contributed by atoms with Crippen molar-refractivity contribution < 1.29 is 22.7 Å². The van der Waals surface area contributed by atoms with E-state index >= 15 is 0 Å². The average Bonchev–Trinajstić information content (AvgIpc) is 2.66. The highest BCUT2D eigenvalue weighted by atomic mass is 35.5. The van der Waals surface area contributed by atoms with E-state index in [1.54, 1.807) is 30.0 Å². The number of hydrogen-bond donors (Lipinski definition) is 1. The smallest absolute Gasteiger partial charge is 0.340 e. The molecule has 0 aromatic heterocycles. The Bertz CT molecular complexity index is 1080. The van der Waals surface area contributed by atoms with Gasteiger partial charge in [-0.1, -0.05) is 29.3 Å². The highest BCUT2D eigenvalue weighted by Crippen LogP contribution is 2.26. The fraction of sp³-hybridized carbons (Fsp3) is 0.316. The average molecular weight is 472 g/mol. The van der Waals surface area contributed by atoms with E-state index in [1.165, 1.54) is 25.3 Å². The molecule has 11 heteroatoms. The van der Waals surface area contributed by atoms with Crippen molar-refractivity contribution in [3.63, 3.8) is 0 Å². The van der Waals surface area contributed by atoms with Crippen molar-refractivity contribution in [3.05, 3.63) is 57.7 Å². The van der Waals surface area contributed by atoms with E-state index in [4.69, 9.17) is 27.9 Å². The van der Waals surface area contributed by atoms with Crippen molar-refractivity contribution in [2.75, 3.05) is 12.3 Å². The van der Waals surface area contributed by atoms with Gasteiger partial charge in [-0.3, -0.25) is 4.79 Å². The molecule has 1 aromatic rings. The van der Waals surface area contributed by atoms with Gasteiger partial charge in [0.05, 0.1) is 17.4 Å². The van der Waals surface area contributed by atoms with Gasteiger partial charge in [-0.05, 0) is 43.7 Å². The molecule has 2 aliphatic heterocycles. The predicted molar refractivity (Wildman–Crippen MR) is 114 cm³/mol. The standard InChI is InChI=1S/C19H19Cl2N3O5S/c1-11(15-5-4-14(20)9-16(15)21)22-18(25)12(2)29-19(26)13-3-6-17-23-30(27,28)8-7-24(17)10-13/h3-6,9-12H,7-8H2,1-2H3,(H,22,25). The van der Waals surface area contributed by atoms with Gasteiger partial charge in [-0.25, -0.2) is 13.2 Å². The summed E-state index contributed by atoms with van der Waals surface area (Å²) in [6, 6.07) is 4.53. The van der Waals surface area contributed by atoms with Crippen LogP contribution in [-0.2, 0) is 24.3 Å². The van der Waals surface area contributed by atoms with Crippen molar-refractivity contribution in [2.45, 2.75) is 26.0 Å². The number of rotatable bonds is 5.